The summed E-state index contributed by atoms with van der Waals surface area (Å²) in [5.74, 6) is 1.64. The second kappa shape index (κ2) is 8.01. The number of nitrogens with one attached hydrogen (secondary N) is 2. The van der Waals surface area contributed by atoms with Crippen molar-refractivity contribution in [2.45, 2.75) is 20.4 Å². The number of aryl methyl sites for hydroxylation is 2. The summed E-state index contributed by atoms with van der Waals surface area (Å²) < 4.78 is 5.38. The summed E-state index contributed by atoms with van der Waals surface area (Å²) in [6, 6.07) is 11.8. The van der Waals surface area contributed by atoms with Gasteiger partial charge in [0, 0.05) is 17.6 Å². The first-order valence-corrected chi connectivity index (χ1v) is 8.54. The fourth-order valence-corrected chi connectivity index (χ4v) is 2.64. The van der Waals surface area contributed by atoms with Crippen LogP contribution in [0.3, 0.4) is 0 Å². The van der Waals surface area contributed by atoms with Crippen LogP contribution >= 0.6 is 11.6 Å². The van der Waals surface area contributed by atoms with Crippen LogP contribution in [0.5, 0.6) is 5.75 Å². The Morgan fingerprint density at radius 2 is 1.92 bits per heavy atom. The molecule has 0 spiro atoms. The van der Waals surface area contributed by atoms with Gasteiger partial charge in [-0.1, -0.05) is 35.9 Å². The van der Waals surface area contributed by atoms with Gasteiger partial charge in [-0.2, -0.15) is 10.1 Å². The van der Waals surface area contributed by atoms with Gasteiger partial charge in [-0.25, -0.2) is 0 Å². The zero-order valence-corrected chi connectivity index (χ0v) is 15.6. The third-order valence-electron chi connectivity index (χ3n) is 4.00. The summed E-state index contributed by atoms with van der Waals surface area (Å²) in [4.78, 5) is 4.46. The van der Waals surface area contributed by atoms with Gasteiger partial charge in [-0.3, -0.25) is 0 Å². The minimum absolute atomic E-state index is 0.447. The summed E-state index contributed by atoms with van der Waals surface area (Å²) in [6.45, 7) is 4.63. The lowest BCUT2D eigenvalue weighted by atomic mass is 10.1. The van der Waals surface area contributed by atoms with Crippen LogP contribution in [0.25, 0.3) is 0 Å². The average Bonchev–Trinajstić information content (AvgIpc) is 2.64. The maximum atomic E-state index is 6.15. The van der Waals surface area contributed by atoms with Gasteiger partial charge in [0.1, 0.15) is 5.75 Å². The monoisotopic (exact) mass is 369 g/mol. The predicted octanol–water partition coefficient (Wildman–Crippen LogP) is 4.51. The molecule has 1 heterocycles. The number of anilines is 3. The third-order valence-corrected chi connectivity index (χ3v) is 4.41. The van der Waals surface area contributed by atoms with Gasteiger partial charge in [0.25, 0.3) is 0 Å². The SMILES string of the molecule is COc1cc(Cl)c(C)cc1Nc1cnnc(NCc2ccccc2C)n1. The highest BCUT2D eigenvalue weighted by Gasteiger charge is 2.09. The van der Waals surface area contributed by atoms with Crippen LogP contribution in [0.2, 0.25) is 5.02 Å². The van der Waals surface area contributed by atoms with Crippen molar-refractivity contribution >= 4 is 29.1 Å². The van der Waals surface area contributed by atoms with Crippen molar-refractivity contribution in [3.8, 4) is 5.75 Å². The van der Waals surface area contributed by atoms with E-state index in [1.54, 1.807) is 19.4 Å². The Morgan fingerprint density at radius 1 is 1.12 bits per heavy atom. The van der Waals surface area contributed by atoms with Gasteiger partial charge in [-0.05, 0) is 36.6 Å². The van der Waals surface area contributed by atoms with Crippen molar-refractivity contribution in [3.63, 3.8) is 0 Å². The summed E-state index contributed by atoms with van der Waals surface area (Å²) >= 11 is 6.15. The van der Waals surface area contributed by atoms with Crippen LogP contribution in [-0.2, 0) is 6.54 Å². The molecule has 3 rings (SSSR count). The highest BCUT2D eigenvalue weighted by atomic mass is 35.5. The molecule has 0 fully saturated rings. The number of hydrogen-bond donors (Lipinski definition) is 2. The van der Waals surface area contributed by atoms with E-state index in [1.165, 1.54) is 11.1 Å². The lowest BCUT2D eigenvalue weighted by Gasteiger charge is -2.13. The first-order chi connectivity index (χ1) is 12.6. The molecule has 0 amide bonds. The van der Waals surface area contributed by atoms with E-state index < -0.39 is 0 Å². The number of hydrogen-bond acceptors (Lipinski definition) is 6. The van der Waals surface area contributed by atoms with E-state index in [0.29, 0.717) is 29.1 Å². The van der Waals surface area contributed by atoms with Crippen molar-refractivity contribution in [2.24, 2.45) is 0 Å². The number of rotatable bonds is 6. The first-order valence-electron chi connectivity index (χ1n) is 8.16. The Hall–Kier alpha value is -2.86. The molecular formula is C19H20ClN5O. The van der Waals surface area contributed by atoms with Crippen molar-refractivity contribution in [1.82, 2.24) is 15.2 Å². The van der Waals surface area contributed by atoms with Gasteiger partial charge < -0.3 is 15.4 Å². The quantitative estimate of drug-likeness (QED) is 0.666. The second-order valence-electron chi connectivity index (χ2n) is 5.87. The van der Waals surface area contributed by atoms with Gasteiger partial charge in [0.05, 0.1) is 19.0 Å². The predicted molar refractivity (Wildman–Crippen MR) is 104 cm³/mol. The molecule has 134 valence electrons. The normalized spacial score (nSPS) is 10.5. The number of aromatic nitrogens is 3. The molecule has 0 bridgehead atoms. The molecule has 26 heavy (non-hydrogen) atoms. The van der Waals surface area contributed by atoms with E-state index in [9.17, 15) is 0 Å². The van der Waals surface area contributed by atoms with Crippen LogP contribution < -0.4 is 15.4 Å². The Bertz CT molecular complexity index is 916. The number of ether oxygens (including phenoxy) is 1. The molecule has 3 aromatic rings. The van der Waals surface area contributed by atoms with Crippen molar-refractivity contribution in [1.29, 1.82) is 0 Å². The first kappa shape index (κ1) is 17.9. The fourth-order valence-electron chi connectivity index (χ4n) is 2.49. The molecule has 2 N–H and O–H groups in total. The lowest BCUT2D eigenvalue weighted by Crippen LogP contribution is -2.07. The molecule has 0 radical (unpaired) electrons. The molecule has 7 heteroatoms. The van der Waals surface area contributed by atoms with E-state index >= 15 is 0 Å². The van der Waals surface area contributed by atoms with Crippen LogP contribution in [-0.4, -0.2) is 22.3 Å². The minimum Gasteiger partial charge on any atom is -0.495 e. The number of nitrogens with zero attached hydrogens (tertiary/aromatic N) is 3. The number of halogens is 1. The van der Waals surface area contributed by atoms with Crippen LogP contribution in [0.15, 0.2) is 42.6 Å². The summed E-state index contributed by atoms with van der Waals surface area (Å²) in [6.07, 6.45) is 1.56. The summed E-state index contributed by atoms with van der Waals surface area (Å²) in [5.41, 5.74) is 4.10. The molecule has 0 aliphatic rings. The van der Waals surface area contributed by atoms with Gasteiger partial charge in [0.2, 0.25) is 5.95 Å². The minimum atomic E-state index is 0.447. The highest BCUT2D eigenvalue weighted by molar-refractivity contribution is 6.31. The Labute approximate surface area is 157 Å². The zero-order chi connectivity index (χ0) is 18.5. The molecule has 2 aromatic carbocycles. The van der Waals surface area contributed by atoms with Crippen LogP contribution in [0.4, 0.5) is 17.5 Å². The summed E-state index contributed by atoms with van der Waals surface area (Å²) in [7, 11) is 1.60. The van der Waals surface area contributed by atoms with Crippen LogP contribution in [0, 0.1) is 13.8 Å². The molecule has 0 unspecified atom stereocenters. The Kier molecular flexibility index (Phi) is 5.53. The highest BCUT2D eigenvalue weighted by Crippen LogP contribution is 2.32. The second-order valence-corrected chi connectivity index (χ2v) is 6.28. The standard InChI is InChI=1S/C19H20ClN5O/c1-12-6-4-5-7-14(12)10-21-19-24-18(11-22-25-19)23-16-8-13(2)15(20)9-17(16)26-3/h4-9,11H,10H2,1-3H3,(H2,21,23,24,25). The van der Waals surface area contributed by atoms with E-state index in [4.69, 9.17) is 16.3 Å². The molecule has 0 saturated heterocycles. The molecule has 0 aliphatic heterocycles. The smallest absolute Gasteiger partial charge is 0.244 e. The van der Waals surface area contributed by atoms with Gasteiger partial charge in [0.15, 0.2) is 5.82 Å². The number of methoxy groups -OCH3 is 1. The van der Waals surface area contributed by atoms with Gasteiger partial charge in [-0.15, -0.1) is 5.10 Å². The average molecular weight is 370 g/mol. The Balaban J connectivity index is 1.76. The van der Waals surface area contributed by atoms with E-state index in [0.717, 1.165) is 11.3 Å². The van der Waals surface area contributed by atoms with Crippen LogP contribution in [0.1, 0.15) is 16.7 Å². The molecule has 6 nitrogen and oxygen atoms in total. The number of benzene rings is 2. The van der Waals surface area contributed by atoms with E-state index in [2.05, 4.69) is 44.9 Å². The maximum Gasteiger partial charge on any atom is 0.244 e. The van der Waals surface area contributed by atoms with Crippen molar-refractivity contribution in [2.75, 3.05) is 17.7 Å². The van der Waals surface area contributed by atoms with E-state index in [-0.39, 0.29) is 0 Å². The maximum absolute atomic E-state index is 6.15. The fraction of sp³-hybridized carbons (Fsp3) is 0.211. The van der Waals surface area contributed by atoms with Gasteiger partial charge >= 0.3 is 0 Å². The molecule has 0 atom stereocenters. The zero-order valence-electron chi connectivity index (χ0n) is 14.9. The van der Waals surface area contributed by atoms with Crippen molar-refractivity contribution in [3.05, 3.63) is 64.3 Å². The third kappa shape index (κ3) is 4.21. The summed E-state index contributed by atoms with van der Waals surface area (Å²) in [5, 5.41) is 15.1. The largest absolute Gasteiger partial charge is 0.495 e. The van der Waals surface area contributed by atoms with Crippen molar-refractivity contribution < 1.29 is 4.74 Å². The van der Waals surface area contributed by atoms with E-state index in [1.807, 2.05) is 25.1 Å². The lowest BCUT2D eigenvalue weighted by molar-refractivity contribution is 0.416. The molecule has 0 aliphatic carbocycles. The Morgan fingerprint density at radius 3 is 2.69 bits per heavy atom. The topological polar surface area (TPSA) is 72.0 Å². The molecular weight excluding hydrogens is 350 g/mol. The molecule has 1 aromatic heterocycles. The molecule has 0 saturated carbocycles.